The molecule has 0 radical (unpaired) electrons. The van der Waals surface area contributed by atoms with Crippen LogP contribution in [0.15, 0.2) is 48.5 Å². The zero-order valence-corrected chi connectivity index (χ0v) is 15.8. The highest BCUT2D eigenvalue weighted by Crippen LogP contribution is 2.23. The van der Waals surface area contributed by atoms with E-state index in [1.54, 1.807) is 12.1 Å². The van der Waals surface area contributed by atoms with E-state index in [1.807, 2.05) is 19.1 Å². The third kappa shape index (κ3) is 4.59. The summed E-state index contributed by atoms with van der Waals surface area (Å²) in [5.41, 5.74) is 1.48. The Bertz CT molecular complexity index is 868. The van der Waals surface area contributed by atoms with Gasteiger partial charge in [0.1, 0.15) is 12.4 Å². The van der Waals surface area contributed by atoms with Crippen molar-refractivity contribution in [3.8, 4) is 0 Å². The lowest BCUT2D eigenvalue weighted by Gasteiger charge is -2.27. The van der Waals surface area contributed by atoms with Crippen molar-refractivity contribution in [1.82, 2.24) is 4.31 Å². The Hall–Kier alpha value is -2.45. The molecule has 0 aliphatic carbocycles. The van der Waals surface area contributed by atoms with Crippen LogP contribution in [0.2, 0.25) is 0 Å². The predicted molar refractivity (Wildman–Crippen MR) is 101 cm³/mol. The molecule has 1 N–H and O–H groups in total. The van der Waals surface area contributed by atoms with Gasteiger partial charge in [0.05, 0.1) is 5.69 Å². The van der Waals surface area contributed by atoms with E-state index >= 15 is 0 Å². The Morgan fingerprint density at radius 3 is 2.23 bits per heavy atom. The zero-order valence-electron chi connectivity index (χ0n) is 14.9. The summed E-state index contributed by atoms with van der Waals surface area (Å²) < 4.78 is 40.9. The summed E-state index contributed by atoms with van der Waals surface area (Å²) in [6, 6.07) is 12.7. The quantitative estimate of drug-likeness (QED) is 0.804. The van der Waals surface area contributed by atoms with Gasteiger partial charge in [0.25, 0.3) is 0 Å². The number of aryl methyl sites for hydroxylation is 1. The molecule has 0 unspecified atom stereocenters. The first-order valence-electron chi connectivity index (χ1n) is 8.09. The van der Waals surface area contributed by atoms with Gasteiger partial charge in [-0.2, -0.15) is 12.7 Å². The number of anilines is 2. The van der Waals surface area contributed by atoms with Crippen molar-refractivity contribution in [1.29, 1.82) is 0 Å². The molecule has 0 spiro atoms. The van der Waals surface area contributed by atoms with Crippen LogP contribution in [0, 0.1) is 5.82 Å². The van der Waals surface area contributed by atoms with E-state index in [0.29, 0.717) is 5.69 Å². The molecule has 0 aromatic heterocycles. The fourth-order valence-corrected chi connectivity index (χ4v) is 3.37. The maximum Gasteiger partial charge on any atom is 0.304 e. The van der Waals surface area contributed by atoms with Gasteiger partial charge in [-0.1, -0.05) is 31.2 Å². The van der Waals surface area contributed by atoms with Crippen LogP contribution < -0.4 is 9.62 Å². The van der Waals surface area contributed by atoms with Crippen molar-refractivity contribution in [2.45, 2.75) is 13.3 Å². The lowest BCUT2D eigenvalue weighted by molar-refractivity contribution is -0.114. The molecule has 1 amide bonds. The molecule has 0 bridgehead atoms. The first-order chi connectivity index (χ1) is 12.3. The summed E-state index contributed by atoms with van der Waals surface area (Å²) in [6.45, 7) is 1.48. The third-order valence-electron chi connectivity index (χ3n) is 3.79. The second kappa shape index (κ2) is 8.29. The second-order valence-electron chi connectivity index (χ2n) is 5.85. The SMILES string of the molecule is CCc1ccc(NC(=O)CN(c2ccccc2F)S(=O)(=O)N(C)C)cc1. The lowest BCUT2D eigenvalue weighted by atomic mass is 10.1. The van der Waals surface area contributed by atoms with Crippen LogP contribution >= 0.6 is 0 Å². The molecule has 0 fully saturated rings. The molecule has 26 heavy (non-hydrogen) atoms. The molecule has 140 valence electrons. The monoisotopic (exact) mass is 379 g/mol. The van der Waals surface area contributed by atoms with Gasteiger partial charge in [-0.15, -0.1) is 0 Å². The summed E-state index contributed by atoms with van der Waals surface area (Å²) >= 11 is 0. The van der Waals surface area contributed by atoms with Gasteiger partial charge in [0.15, 0.2) is 0 Å². The molecule has 0 saturated carbocycles. The Morgan fingerprint density at radius 2 is 1.69 bits per heavy atom. The van der Waals surface area contributed by atoms with Gasteiger partial charge in [0.2, 0.25) is 5.91 Å². The minimum absolute atomic E-state index is 0.183. The van der Waals surface area contributed by atoms with Crippen molar-refractivity contribution in [3.05, 3.63) is 59.9 Å². The molecular formula is C18H22FN3O3S. The molecule has 0 aliphatic heterocycles. The number of nitrogens with zero attached hydrogens (tertiary/aromatic N) is 2. The second-order valence-corrected chi connectivity index (χ2v) is 7.91. The first kappa shape index (κ1) is 19.9. The summed E-state index contributed by atoms with van der Waals surface area (Å²) in [6.07, 6.45) is 0.871. The molecule has 0 saturated heterocycles. The van der Waals surface area contributed by atoms with E-state index in [2.05, 4.69) is 5.32 Å². The van der Waals surface area contributed by atoms with Crippen LogP contribution in [-0.2, 0) is 21.4 Å². The minimum atomic E-state index is -4.05. The Labute approximate surface area is 153 Å². The molecule has 0 heterocycles. The Balaban J connectivity index is 2.26. The summed E-state index contributed by atoms with van der Waals surface area (Å²) in [4.78, 5) is 12.4. The predicted octanol–water partition coefficient (Wildman–Crippen LogP) is 2.64. The van der Waals surface area contributed by atoms with Crippen LogP contribution in [0.5, 0.6) is 0 Å². The van der Waals surface area contributed by atoms with Gasteiger partial charge in [-0.05, 0) is 36.2 Å². The molecule has 0 atom stereocenters. The number of benzene rings is 2. The maximum atomic E-state index is 14.1. The number of hydrogen-bond donors (Lipinski definition) is 1. The topological polar surface area (TPSA) is 69.7 Å². The van der Waals surface area contributed by atoms with Gasteiger partial charge in [-0.25, -0.2) is 8.70 Å². The van der Waals surface area contributed by atoms with E-state index in [1.165, 1.54) is 32.3 Å². The van der Waals surface area contributed by atoms with Gasteiger partial charge >= 0.3 is 10.2 Å². The van der Waals surface area contributed by atoms with E-state index < -0.39 is 28.5 Å². The molecule has 8 heteroatoms. The van der Waals surface area contributed by atoms with Crippen molar-refractivity contribution < 1.29 is 17.6 Å². The van der Waals surface area contributed by atoms with E-state index in [-0.39, 0.29) is 5.69 Å². The van der Waals surface area contributed by atoms with Crippen LogP contribution in [0.25, 0.3) is 0 Å². The third-order valence-corrected chi connectivity index (χ3v) is 5.60. The smallest absolute Gasteiger partial charge is 0.304 e. The van der Waals surface area contributed by atoms with E-state index in [0.717, 1.165) is 26.7 Å². The highest BCUT2D eigenvalue weighted by atomic mass is 32.2. The number of carbonyl (C=O) groups excluding carboxylic acids is 1. The summed E-state index contributed by atoms with van der Waals surface area (Å²) in [7, 11) is -1.40. The van der Waals surface area contributed by atoms with E-state index in [9.17, 15) is 17.6 Å². The number of hydrogen-bond acceptors (Lipinski definition) is 3. The number of nitrogens with one attached hydrogen (secondary N) is 1. The molecule has 2 aromatic carbocycles. The van der Waals surface area contributed by atoms with Gasteiger partial charge in [-0.3, -0.25) is 4.79 Å². The van der Waals surface area contributed by atoms with Crippen LogP contribution in [0.3, 0.4) is 0 Å². The van der Waals surface area contributed by atoms with Crippen molar-refractivity contribution in [3.63, 3.8) is 0 Å². The minimum Gasteiger partial charge on any atom is -0.325 e. The molecule has 0 aliphatic rings. The highest BCUT2D eigenvalue weighted by Gasteiger charge is 2.29. The molecule has 2 aromatic rings. The van der Waals surface area contributed by atoms with Crippen molar-refractivity contribution >= 4 is 27.5 Å². The molecular weight excluding hydrogens is 357 g/mol. The maximum absolute atomic E-state index is 14.1. The fraction of sp³-hybridized carbons (Fsp3) is 0.278. The van der Waals surface area contributed by atoms with Gasteiger partial charge in [0, 0.05) is 19.8 Å². The standard InChI is InChI=1S/C18H22FN3O3S/c1-4-14-9-11-15(12-10-14)20-18(23)13-22(26(24,25)21(2)3)17-8-6-5-7-16(17)19/h5-12H,4,13H2,1-3H3,(H,20,23). The number of carbonyl (C=O) groups is 1. The lowest BCUT2D eigenvalue weighted by Crippen LogP contribution is -2.44. The Morgan fingerprint density at radius 1 is 1.08 bits per heavy atom. The van der Waals surface area contributed by atoms with Crippen LogP contribution in [0.4, 0.5) is 15.8 Å². The van der Waals surface area contributed by atoms with Crippen molar-refractivity contribution in [2.75, 3.05) is 30.3 Å². The zero-order chi connectivity index (χ0) is 19.3. The van der Waals surface area contributed by atoms with E-state index in [4.69, 9.17) is 0 Å². The number of rotatable bonds is 7. The van der Waals surface area contributed by atoms with Crippen LogP contribution in [-0.4, -0.2) is 39.3 Å². The summed E-state index contributed by atoms with van der Waals surface area (Å²) in [5.74, 6) is -1.29. The Kier molecular flexibility index (Phi) is 6.33. The normalized spacial score (nSPS) is 11.4. The number of para-hydroxylation sites is 1. The largest absolute Gasteiger partial charge is 0.325 e. The average molecular weight is 379 g/mol. The highest BCUT2D eigenvalue weighted by molar-refractivity contribution is 7.90. The molecule has 2 rings (SSSR count). The number of amides is 1. The fourth-order valence-electron chi connectivity index (χ4n) is 2.30. The van der Waals surface area contributed by atoms with Crippen LogP contribution in [0.1, 0.15) is 12.5 Å². The van der Waals surface area contributed by atoms with Crippen molar-refractivity contribution in [2.24, 2.45) is 0 Å². The first-order valence-corrected chi connectivity index (χ1v) is 9.49. The average Bonchev–Trinajstić information content (AvgIpc) is 2.61. The van der Waals surface area contributed by atoms with Gasteiger partial charge < -0.3 is 5.32 Å². The number of halogens is 1. The summed E-state index contributed by atoms with van der Waals surface area (Å²) in [5, 5.41) is 2.64. The molecule has 6 nitrogen and oxygen atoms in total.